The summed E-state index contributed by atoms with van der Waals surface area (Å²) in [4.78, 5) is 9.33. The molecule has 7 heteroatoms. The van der Waals surface area contributed by atoms with Crippen molar-refractivity contribution >= 4 is 16.7 Å². The second-order valence-electron chi connectivity index (χ2n) is 7.12. The van der Waals surface area contributed by atoms with E-state index in [0.29, 0.717) is 30.7 Å². The van der Waals surface area contributed by atoms with Crippen molar-refractivity contribution in [1.29, 1.82) is 0 Å². The molecule has 0 radical (unpaired) electrons. The number of nitrogens with zero attached hydrogens (tertiary/aromatic N) is 4. The number of aromatic nitrogens is 4. The van der Waals surface area contributed by atoms with E-state index in [1.165, 1.54) is 0 Å². The fraction of sp³-hybridized carbons (Fsp3) is 0.120. The summed E-state index contributed by atoms with van der Waals surface area (Å²) >= 11 is 0. The third-order valence-electron chi connectivity index (χ3n) is 4.93. The van der Waals surface area contributed by atoms with Crippen LogP contribution in [-0.2, 0) is 6.54 Å². The molecule has 2 heterocycles. The van der Waals surface area contributed by atoms with Gasteiger partial charge in [0.05, 0.1) is 12.1 Å². The zero-order chi connectivity index (χ0) is 21.8. The first-order chi connectivity index (χ1) is 15.8. The van der Waals surface area contributed by atoms with Crippen LogP contribution in [0.3, 0.4) is 0 Å². The molecule has 2 aromatic heterocycles. The summed E-state index contributed by atoms with van der Waals surface area (Å²) in [6, 6.07) is 25.5. The number of nitrogens with one attached hydrogen (secondary N) is 1. The Morgan fingerprint density at radius 3 is 2.38 bits per heavy atom. The topological polar surface area (TPSA) is 86.0 Å². The Kier molecular flexibility index (Phi) is 5.45. The monoisotopic (exact) mass is 423 g/mol. The lowest BCUT2D eigenvalue weighted by Gasteiger charge is -2.10. The highest BCUT2D eigenvalue weighted by atomic mass is 16.5. The summed E-state index contributed by atoms with van der Waals surface area (Å²) in [5, 5.41) is 12.7. The van der Waals surface area contributed by atoms with Gasteiger partial charge in [0.1, 0.15) is 11.6 Å². The number of hydrogen-bond donors (Lipinski definition) is 1. The number of para-hydroxylation sites is 1. The van der Waals surface area contributed by atoms with Gasteiger partial charge in [0.15, 0.2) is 0 Å². The first-order valence-corrected chi connectivity index (χ1v) is 10.4. The van der Waals surface area contributed by atoms with Crippen molar-refractivity contribution < 1.29 is 9.15 Å². The Balaban J connectivity index is 1.45. The Labute approximate surface area is 185 Å². The van der Waals surface area contributed by atoms with Crippen LogP contribution in [0.25, 0.3) is 34.1 Å². The highest BCUT2D eigenvalue weighted by Crippen LogP contribution is 2.27. The maximum atomic E-state index is 5.87. The number of fused-ring (bicyclic) bond motifs is 1. The summed E-state index contributed by atoms with van der Waals surface area (Å²) in [6.07, 6.45) is 0. The van der Waals surface area contributed by atoms with Crippen molar-refractivity contribution in [3.8, 4) is 28.9 Å². The number of anilines is 1. The van der Waals surface area contributed by atoms with Crippen LogP contribution in [0.1, 0.15) is 12.5 Å². The number of benzene rings is 3. The molecule has 3 aromatic carbocycles. The van der Waals surface area contributed by atoms with E-state index in [2.05, 4.69) is 20.5 Å². The summed E-state index contributed by atoms with van der Waals surface area (Å²) in [6.45, 7) is 3.22. The normalized spacial score (nSPS) is 10.9. The van der Waals surface area contributed by atoms with Crippen LogP contribution in [0.15, 0.2) is 83.3 Å². The van der Waals surface area contributed by atoms with E-state index in [9.17, 15) is 0 Å². The van der Waals surface area contributed by atoms with Crippen molar-refractivity contribution in [2.24, 2.45) is 0 Å². The van der Waals surface area contributed by atoms with Crippen molar-refractivity contribution in [2.45, 2.75) is 13.5 Å². The summed E-state index contributed by atoms with van der Waals surface area (Å²) < 4.78 is 11.4. The van der Waals surface area contributed by atoms with Crippen LogP contribution >= 0.6 is 0 Å². The molecule has 7 nitrogen and oxygen atoms in total. The van der Waals surface area contributed by atoms with Gasteiger partial charge in [-0.1, -0.05) is 42.5 Å². The van der Waals surface area contributed by atoms with E-state index in [1.807, 2.05) is 85.8 Å². The first kappa shape index (κ1) is 19.7. The molecule has 5 rings (SSSR count). The minimum Gasteiger partial charge on any atom is -0.494 e. The van der Waals surface area contributed by atoms with Gasteiger partial charge in [-0.3, -0.25) is 0 Å². The fourth-order valence-electron chi connectivity index (χ4n) is 3.37. The molecule has 0 atom stereocenters. The molecule has 0 aliphatic heterocycles. The van der Waals surface area contributed by atoms with Gasteiger partial charge in [-0.15, -0.1) is 10.2 Å². The lowest BCUT2D eigenvalue weighted by molar-refractivity contribution is 0.340. The highest BCUT2D eigenvalue weighted by Gasteiger charge is 2.16. The molecule has 0 unspecified atom stereocenters. The van der Waals surface area contributed by atoms with Crippen LogP contribution in [0, 0.1) is 0 Å². The Bertz CT molecular complexity index is 1330. The Morgan fingerprint density at radius 2 is 1.56 bits per heavy atom. The lowest BCUT2D eigenvalue weighted by Crippen LogP contribution is -2.04. The van der Waals surface area contributed by atoms with E-state index >= 15 is 0 Å². The van der Waals surface area contributed by atoms with Gasteiger partial charge < -0.3 is 14.5 Å². The average molecular weight is 423 g/mol. The highest BCUT2D eigenvalue weighted by molar-refractivity contribution is 5.90. The second-order valence-corrected chi connectivity index (χ2v) is 7.12. The minimum atomic E-state index is 0.277. The molecule has 0 saturated carbocycles. The van der Waals surface area contributed by atoms with Gasteiger partial charge in [-0.05, 0) is 48.9 Å². The van der Waals surface area contributed by atoms with Gasteiger partial charge in [0.2, 0.25) is 11.7 Å². The van der Waals surface area contributed by atoms with E-state index in [4.69, 9.17) is 14.1 Å². The molecule has 0 bridgehead atoms. The van der Waals surface area contributed by atoms with Crippen molar-refractivity contribution in [1.82, 2.24) is 20.2 Å². The third-order valence-corrected chi connectivity index (χ3v) is 4.93. The molecule has 0 spiro atoms. The molecule has 0 aliphatic carbocycles. The van der Waals surface area contributed by atoms with E-state index in [1.54, 1.807) is 0 Å². The largest absolute Gasteiger partial charge is 0.494 e. The molecule has 0 fully saturated rings. The summed E-state index contributed by atoms with van der Waals surface area (Å²) in [5.41, 5.74) is 2.76. The van der Waals surface area contributed by atoms with Crippen molar-refractivity contribution in [3.05, 3.63) is 84.4 Å². The molecule has 158 valence electrons. The smallest absolute Gasteiger partial charge is 0.286 e. The predicted molar refractivity (Wildman–Crippen MR) is 123 cm³/mol. The van der Waals surface area contributed by atoms with Gasteiger partial charge in [-0.25, -0.2) is 9.97 Å². The first-order valence-electron chi connectivity index (χ1n) is 10.4. The predicted octanol–water partition coefficient (Wildman–Crippen LogP) is 5.36. The molecule has 0 amide bonds. The summed E-state index contributed by atoms with van der Waals surface area (Å²) in [5.74, 6) is 2.66. The SMILES string of the molecule is CCOc1ccc(CNc2nc(-c3nnc(-c4ccccc4)o3)nc3ccccc23)cc1. The standard InChI is InChI=1S/C25H21N5O2/c1-2-31-19-14-12-17(13-15-19)16-26-22-20-10-6-7-11-21(20)27-23(28-22)25-30-29-24(32-25)18-8-4-3-5-9-18/h3-15H,2,16H2,1H3,(H,26,27,28). The maximum Gasteiger partial charge on any atom is 0.286 e. The number of hydrogen-bond acceptors (Lipinski definition) is 7. The van der Waals surface area contributed by atoms with Crippen LogP contribution in [0.2, 0.25) is 0 Å². The quantitative estimate of drug-likeness (QED) is 0.377. The molecule has 0 saturated heterocycles. The average Bonchev–Trinajstić information content (AvgIpc) is 3.34. The zero-order valence-electron chi connectivity index (χ0n) is 17.5. The Hall–Kier alpha value is -4.26. The third kappa shape index (κ3) is 4.13. The second kappa shape index (κ2) is 8.85. The fourth-order valence-corrected chi connectivity index (χ4v) is 3.37. The summed E-state index contributed by atoms with van der Waals surface area (Å²) in [7, 11) is 0. The maximum absolute atomic E-state index is 5.87. The molecule has 0 aliphatic rings. The van der Waals surface area contributed by atoms with Gasteiger partial charge in [-0.2, -0.15) is 0 Å². The molecular weight excluding hydrogens is 402 g/mol. The molecule has 5 aromatic rings. The van der Waals surface area contributed by atoms with Crippen molar-refractivity contribution in [2.75, 3.05) is 11.9 Å². The van der Waals surface area contributed by atoms with E-state index in [-0.39, 0.29) is 5.89 Å². The molecular formula is C25H21N5O2. The van der Waals surface area contributed by atoms with Gasteiger partial charge >= 0.3 is 0 Å². The zero-order valence-corrected chi connectivity index (χ0v) is 17.5. The Morgan fingerprint density at radius 1 is 0.812 bits per heavy atom. The molecule has 1 N–H and O–H groups in total. The number of ether oxygens (including phenoxy) is 1. The molecule has 32 heavy (non-hydrogen) atoms. The minimum absolute atomic E-state index is 0.277. The van der Waals surface area contributed by atoms with Crippen LogP contribution in [0.5, 0.6) is 5.75 Å². The van der Waals surface area contributed by atoms with E-state index in [0.717, 1.165) is 27.8 Å². The van der Waals surface area contributed by atoms with E-state index < -0.39 is 0 Å². The van der Waals surface area contributed by atoms with Crippen molar-refractivity contribution in [3.63, 3.8) is 0 Å². The van der Waals surface area contributed by atoms with Gasteiger partial charge in [0, 0.05) is 17.5 Å². The van der Waals surface area contributed by atoms with Crippen LogP contribution in [0.4, 0.5) is 5.82 Å². The van der Waals surface area contributed by atoms with Crippen LogP contribution < -0.4 is 10.1 Å². The lowest BCUT2D eigenvalue weighted by atomic mass is 10.2. The van der Waals surface area contributed by atoms with Crippen LogP contribution in [-0.4, -0.2) is 26.8 Å². The van der Waals surface area contributed by atoms with Gasteiger partial charge in [0.25, 0.3) is 5.89 Å². The number of rotatable bonds is 7.